The van der Waals surface area contributed by atoms with Gasteiger partial charge in [0.25, 0.3) is 0 Å². The molecule has 0 saturated heterocycles. The molecule has 0 fully saturated rings. The molecule has 3 heteroatoms. The molecule has 1 unspecified atom stereocenters. The molecule has 4 rings (SSSR count). The van der Waals surface area contributed by atoms with Gasteiger partial charge in [0.2, 0.25) is 0 Å². The van der Waals surface area contributed by atoms with Crippen LogP contribution in [0.15, 0.2) is 60.7 Å². The third kappa shape index (κ3) is 2.58. The molecule has 0 amide bonds. The summed E-state index contributed by atoms with van der Waals surface area (Å²) in [5, 5.41) is 28.3. The first-order valence-electron chi connectivity index (χ1n) is 8.00. The maximum absolute atomic E-state index is 9.43. The van der Waals surface area contributed by atoms with Crippen LogP contribution in [-0.2, 0) is 0 Å². The van der Waals surface area contributed by atoms with E-state index in [-0.39, 0.29) is 11.7 Å². The molecule has 120 valence electrons. The largest absolute Gasteiger partial charge is 0.508 e. The molecule has 0 heterocycles. The van der Waals surface area contributed by atoms with Crippen molar-refractivity contribution in [3.63, 3.8) is 0 Å². The SMILES string of the molecule is Oc1ccc(C2=CC(c3ccc4c(c3)C=CC4C(O)O)=CC2)cc1. The Labute approximate surface area is 140 Å². The van der Waals surface area contributed by atoms with Crippen LogP contribution in [0.3, 0.4) is 0 Å². The molecule has 2 aromatic carbocycles. The molecular weight excluding hydrogens is 300 g/mol. The van der Waals surface area contributed by atoms with Crippen molar-refractivity contribution in [1.29, 1.82) is 0 Å². The third-order valence-electron chi connectivity index (χ3n) is 4.69. The monoisotopic (exact) mass is 318 g/mol. The highest BCUT2D eigenvalue weighted by atomic mass is 16.5. The Morgan fingerprint density at radius 1 is 0.958 bits per heavy atom. The lowest BCUT2D eigenvalue weighted by atomic mass is 9.96. The standard InChI is InChI=1S/C21H18O3/c22-18-7-3-13(4-8-18)14-1-2-15(11-14)16-5-9-19-17(12-16)6-10-20(19)21(23)24/h2-12,20-24H,1H2. The zero-order chi connectivity index (χ0) is 16.7. The molecule has 0 aromatic heterocycles. The van der Waals surface area contributed by atoms with Crippen molar-refractivity contribution in [2.24, 2.45) is 0 Å². The lowest BCUT2D eigenvalue weighted by molar-refractivity contribution is -0.0490. The van der Waals surface area contributed by atoms with E-state index in [1.54, 1.807) is 12.1 Å². The van der Waals surface area contributed by atoms with Crippen LogP contribution in [-0.4, -0.2) is 21.6 Å². The van der Waals surface area contributed by atoms with Crippen molar-refractivity contribution in [2.75, 3.05) is 0 Å². The second kappa shape index (κ2) is 5.78. The van der Waals surface area contributed by atoms with Crippen molar-refractivity contribution in [2.45, 2.75) is 18.6 Å². The van der Waals surface area contributed by atoms with E-state index in [2.05, 4.69) is 18.2 Å². The molecule has 2 aliphatic carbocycles. The number of hydrogen-bond donors (Lipinski definition) is 3. The first kappa shape index (κ1) is 14.9. The molecule has 2 aliphatic rings. The summed E-state index contributed by atoms with van der Waals surface area (Å²) in [4.78, 5) is 0. The Morgan fingerprint density at radius 2 is 1.71 bits per heavy atom. The van der Waals surface area contributed by atoms with E-state index >= 15 is 0 Å². The van der Waals surface area contributed by atoms with Gasteiger partial charge < -0.3 is 15.3 Å². The molecule has 2 aromatic rings. The van der Waals surface area contributed by atoms with Gasteiger partial charge in [-0.25, -0.2) is 0 Å². The number of benzene rings is 2. The van der Waals surface area contributed by atoms with Crippen molar-refractivity contribution in [3.8, 4) is 5.75 Å². The summed E-state index contributed by atoms with van der Waals surface area (Å²) in [5.41, 5.74) is 6.63. The summed E-state index contributed by atoms with van der Waals surface area (Å²) in [6.45, 7) is 0. The Kier molecular flexibility index (Phi) is 3.60. The summed E-state index contributed by atoms with van der Waals surface area (Å²) in [6, 6.07) is 13.4. The fourth-order valence-corrected chi connectivity index (χ4v) is 3.38. The zero-order valence-corrected chi connectivity index (χ0v) is 13.1. The first-order valence-corrected chi connectivity index (χ1v) is 8.00. The van der Waals surface area contributed by atoms with Crippen LogP contribution in [0.5, 0.6) is 5.75 Å². The predicted octanol–water partition coefficient (Wildman–Crippen LogP) is 3.68. The minimum Gasteiger partial charge on any atom is -0.508 e. The highest BCUT2D eigenvalue weighted by Crippen LogP contribution is 2.37. The Bertz CT molecular complexity index is 870. The smallest absolute Gasteiger partial charge is 0.161 e. The average Bonchev–Trinajstić information content (AvgIpc) is 3.22. The fourth-order valence-electron chi connectivity index (χ4n) is 3.38. The molecule has 0 saturated carbocycles. The molecule has 24 heavy (non-hydrogen) atoms. The van der Waals surface area contributed by atoms with Gasteiger partial charge in [-0.15, -0.1) is 0 Å². The van der Waals surface area contributed by atoms with Gasteiger partial charge >= 0.3 is 0 Å². The number of phenolic OH excluding ortho intramolecular Hbond substituents is 1. The lowest BCUT2D eigenvalue weighted by Crippen LogP contribution is -2.14. The topological polar surface area (TPSA) is 60.7 Å². The van der Waals surface area contributed by atoms with Gasteiger partial charge in [0.05, 0.1) is 5.92 Å². The van der Waals surface area contributed by atoms with Crippen LogP contribution in [0.4, 0.5) is 0 Å². The quantitative estimate of drug-likeness (QED) is 0.757. The maximum Gasteiger partial charge on any atom is 0.161 e. The molecule has 3 nitrogen and oxygen atoms in total. The first-order chi connectivity index (χ1) is 11.6. The van der Waals surface area contributed by atoms with E-state index < -0.39 is 6.29 Å². The van der Waals surface area contributed by atoms with Gasteiger partial charge in [-0.05, 0) is 58.0 Å². The van der Waals surface area contributed by atoms with E-state index in [4.69, 9.17) is 0 Å². The normalized spacial score (nSPS) is 18.7. The highest BCUT2D eigenvalue weighted by molar-refractivity contribution is 5.90. The number of phenols is 1. The number of hydrogen-bond acceptors (Lipinski definition) is 3. The number of aromatic hydroxyl groups is 1. The number of rotatable bonds is 3. The molecule has 0 spiro atoms. The minimum atomic E-state index is -1.36. The van der Waals surface area contributed by atoms with E-state index in [1.165, 1.54) is 11.1 Å². The van der Waals surface area contributed by atoms with E-state index in [1.807, 2.05) is 36.4 Å². The Balaban J connectivity index is 1.62. The highest BCUT2D eigenvalue weighted by Gasteiger charge is 2.23. The Morgan fingerprint density at radius 3 is 2.46 bits per heavy atom. The summed E-state index contributed by atoms with van der Waals surface area (Å²) < 4.78 is 0. The van der Waals surface area contributed by atoms with Crippen molar-refractivity contribution < 1.29 is 15.3 Å². The van der Waals surface area contributed by atoms with Crippen LogP contribution in [0, 0.1) is 0 Å². The molecule has 1 atom stereocenters. The second-order valence-corrected chi connectivity index (χ2v) is 6.22. The number of aliphatic hydroxyl groups excluding tert-OH is 1. The second-order valence-electron chi connectivity index (χ2n) is 6.22. The van der Waals surface area contributed by atoms with E-state index in [0.29, 0.717) is 0 Å². The Hall–Kier alpha value is -2.62. The van der Waals surface area contributed by atoms with E-state index in [9.17, 15) is 15.3 Å². The molecular formula is C21H18O3. The number of fused-ring (bicyclic) bond motifs is 1. The van der Waals surface area contributed by atoms with Crippen LogP contribution in [0.1, 0.15) is 34.6 Å². The number of allylic oxidation sites excluding steroid dienone is 4. The lowest BCUT2D eigenvalue weighted by Gasteiger charge is -2.13. The van der Waals surface area contributed by atoms with Crippen molar-refractivity contribution >= 4 is 17.2 Å². The van der Waals surface area contributed by atoms with Gasteiger partial charge in [-0.3, -0.25) is 0 Å². The van der Waals surface area contributed by atoms with Gasteiger partial charge in [-0.2, -0.15) is 0 Å². The van der Waals surface area contributed by atoms with Crippen molar-refractivity contribution in [3.05, 3.63) is 82.9 Å². The van der Waals surface area contributed by atoms with Crippen LogP contribution < -0.4 is 0 Å². The zero-order valence-electron chi connectivity index (χ0n) is 13.1. The van der Waals surface area contributed by atoms with Crippen LogP contribution >= 0.6 is 0 Å². The van der Waals surface area contributed by atoms with Gasteiger partial charge in [0.15, 0.2) is 6.29 Å². The average molecular weight is 318 g/mol. The molecule has 0 aliphatic heterocycles. The van der Waals surface area contributed by atoms with Gasteiger partial charge in [0.1, 0.15) is 5.75 Å². The molecule has 3 N–H and O–H groups in total. The summed E-state index contributed by atoms with van der Waals surface area (Å²) >= 11 is 0. The van der Waals surface area contributed by atoms with Gasteiger partial charge in [-0.1, -0.05) is 48.6 Å². The minimum absolute atomic E-state index is 0.275. The summed E-state index contributed by atoms with van der Waals surface area (Å²) in [7, 11) is 0. The van der Waals surface area contributed by atoms with Gasteiger partial charge in [0, 0.05) is 0 Å². The van der Waals surface area contributed by atoms with Crippen molar-refractivity contribution in [1.82, 2.24) is 0 Å². The number of aliphatic hydroxyl groups is 2. The van der Waals surface area contributed by atoms with E-state index in [0.717, 1.165) is 28.7 Å². The summed E-state index contributed by atoms with van der Waals surface area (Å²) in [5.74, 6) is -0.0636. The van der Waals surface area contributed by atoms with Crippen LogP contribution in [0.2, 0.25) is 0 Å². The predicted molar refractivity (Wildman–Crippen MR) is 95.1 cm³/mol. The maximum atomic E-state index is 9.43. The molecule has 0 radical (unpaired) electrons. The summed E-state index contributed by atoms with van der Waals surface area (Å²) in [6.07, 6.45) is 7.65. The van der Waals surface area contributed by atoms with Crippen LogP contribution in [0.25, 0.3) is 17.2 Å². The fraction of sp³-hybridized carbons (Fsp3) is 0.143. The third-order valence-corrected chi connectivity index (χ3v) is 4.69. The molecule has 0 bridgehead atoms.